The summed E-state index contributed by atoms with van der Waals surface area (Å²) in [6, 6.07) is 1.33. The van der Waals surface area contributed by atoms with Crippen LogP contribution in [0.5, 0.6) is 0 Å². The van der Waals surface area contributed by atoms with Crippen LogP contribution in [0.3, 0.4) is 0 Å². The Morgan fingerprint density at radius 3 is 2.75 bits per heavy atom. The van der Waals surface area contributed by atoms with Gasteiger partial charge in [0.25, 0.3) is 0 Å². The van der Waals surface area contributed by atoms with Crippen LogP contribution in [0.1, 0.15) is 33.1 Å². The second-order valence-corrected chi connectivity index (χ2v) is 6.24. The van der Waals surface area contributed by atoms with E-state index in [9.17, 15) is 0 Å². The molecule has 1 heterocycles. The molecule has 0 spiro atoms. The third-order valence-corrected chi connectivity index (χ3v) is 4.94. The van der Waals surface area contributed by atoms with Gasteiger partial charge in [0.05, 0.1) is 12.2 Å². The first-order valence-corrected chi connectivity index (χ1v) is 6.53. The van der Waals surface area contributed by atoms with Gasteiger partial charge < -0.3 is 14.8 Å². The van der Waals surface area contributed by atoms with Crippen molar-refractivity contribution >= 4 is 0 Å². The van der Waals surface area contributed by atoms with Gasteiger partial charge >= 0.3 is 0 Å². The SMILES string of the molecule is COC1CC(NC2C3CCOC3C2(C)C)C1. The topological polar surface area (TPSA) is 30.5 Å². The van der Waals surface area contributed by atoms with Crippen molar-refractivity contribution in [2.24, 2.45) is 11.3 Å². The molecule has 3 heteroatoms. The van der Waals surface area contributed by atoms with Crippen LogP contribution in [0.4, 0.5) is 0 Å². The van der Waals surface area contributed by atoms with Gasteiger partial charge in [-0.05, 0) is 19.3 Å². The van der Waals surface area contributed by atoms with Crippen molar-refractivity contribution in [2.75, 3.05) is 13.7 Å². The lowest BCUT2D eigenvalue weighted by Gasteiger charge is -2.57. The fraction of sp³-hybridized carbons (Fsp3) is 1.00. The van der Waals surface area contributed by atoms with Gasteiger partial charge in [-0.15, -0.1) is 0 Å². The molecule has 2 aliphatic carbocycles. The monoisotopic (exact) mass is 225 g/mol. The lowest BCUT2D eigenvalue weighted by atomic mass is 9.57. The van der Waals surface area contributed by atoms with E-state index in [1.165, 1.54) is 19.3 Å². The Balaban J connectivity index is 1.56. The number of hydrogen-bond donors (Lipinski definition) is 1. The van der Waals surface area contributed by atoms with Gasteiger partial charge in [0.2, 0.25) is 0 Å². The van der Waals surface area contributed by atoms with E-state index in [0.717, 1.165) is 12.5 Å². The molecule has 0 aromatic carbocycles. The summed E-state index contributed by atoms with van der Waals surface area (Å²) in [6.07, 6.45) is 4.61. The molecule has 3 aliphatic rings. The summed E-state index contributed by atoms with van der Waals surface area (Å²) in [6.45, 7) is 5.63. The Morgan fingerprint density at radius 2 is 2.06 bits per heavy atom. The number of hydrogen-bond acceptors (Lipinski definition) is 3. The number of ether oxygens (including phenoxy) is 2. The number of fused-ring (bicyclic) bond motifs is 1. The summed E-state index contributed by atoms with van der Waals surface area (Å²) in [4.78, 5) is 0. The van der Waals surface area contributed by atoms with Crippen molar-refractivity contribution in [3.63, 3.8) is 0 Å². The first-order chi connectivity index (χ1) is 7.63. The van der Waals surface area contributed by atoms with Crippen LogP contribution >= 0.6 is 0 Å². The first kappa shape index (κ1) is 11.0. The molecule has 3 unspecified atom stereocenters. The Labute approximate surface area is 97.9 Å². The van der Waals surface area contributed by atoms with Crippen molar-refractivity contribution in [3.05, 3.63) is 0 Å². The smallest absolute Gasteiger partial charge is 0.0685 e. The number of nitrogens with one attached hydrogen (secondary N) is 1. The van der Waals surface area contributed by atoms with E-state index in [1.54, 1.807) is 0 Å². The Hall–Kier alpha value is -0.120. The predicted molar refractivity (Wildman–Crippen MR) is 62.4 cm³/mol. The van der Waals surface area contributed by atoms with E-state index in [0.29, 0.717) is 29.7 Å². The zero-order valence-electron chi connectivity index (χ0n) is 10.5. The Bertz CT molecular complexity index is 273. The fourth-order valence-corrected chi connectivity index (χ4v) is 3.81. The van der Waals surface area contributed by atoms with Crippen molar-refractivity contribution < 1.29 is 9.47 Å². The van der Waals surface area contributed by atoms with E-state index < -0.39 is 0 Å². The fourth-order valence-electron chi connectivity index (χ4n) is 3.81. The standard InChI is InChI=1S/C13H23NO2/c1-13(2)11(10-4-5-16-12(10)13)14-8-6-9(7-8)15-3/h8-12,14H,4-7H2,1-3H3. The van der Waals surface area contributed by atoms with Crippen LogP contribution in [0.2, 0.25) is 0 Å². The maximum absolute atomic E-state index is 5.81. The molecule has 16 heavy (non-hydrogen) atoms. The molecule has 0 amide bonds. The molecule has 3 rings (SSSR count). The minimum Gasteiger partial charge on any atom is -0.381 e. The highest BCUT2D eigenvalue weighted by atomic mass is 16.5. The molecular formula is C13H23NO2. The van der Waals surface area contributed by atoms with E-state index in [-0.39, 0.29) is 0 Å². The number of methoxy groups -OCH3 is 1. The molecule has 1 saturated heterocycles. The van der Waals surface area contributed by atoms with Gasteiger partial charge in [-0.25, -0.2) is 0 Å². The van der Waals surface area contributed by atoms with E-state index >= 15 is 0 Å². The molecule has 0 radical (unpaired) electrons. The minimum absolute atomic E-state index is 0.319. The maximum atomic E-state index is 5.81. The molecule has 3 atom stereocenters. The average molecular weight is 225 g/mol. The molecule has 2 saturated carbocycles. The first-order valence-electron chi connectivity index (χ1n) is 6.53. The van der Waals surface area contributed by atoms with Crippen LogP contribution in [0.15, 0.2) is 0 Å². The predicted octanol–water partition coefficient (Wildman–Crippen LogP) is 1.57. The largest absolute Gasteiger partial charge is 0.381 e. The van der Waals surface area contributed by atoms with Gasteiger partial charge in [-0.1, -0.05) is 13.8 Å². The van der Waals surface area contributed by atoms with E-state index in [1.807, 2.05) is 7.11 Å². The molecule has 3 nitrogen and oxygen atoms in total. The van der Waals surface area contributed by atoms with Gasteiger partial charge in [-0.3, -0.25) is 0 Å². The summed E-state index contributed by atoms with van der Waals surface area (Å²) >= 11 is 0. The summed E-state index contributed by atoms with van der Waals surface area (Å²) < 4.78 is 11.1. The molecule has 3 fully saturated rings. The lowest BCUT2D eigenvalue weighted by molar-refractivity contribution is -0.122. The van der Waals surface area contributed by atoms with Crippen LogP contribution < -0.4 is 5.32 Å². The summed E-state index contributed by atoms with van der Waals surface area (Å²) in [5, 5.41) is 3.82. The van der Waals surface area contributed by atoms with Crippen molar-refractivity contribution in [1.29, 1.82) is 0 Å². The van der Waals surface area contributed by atoms with Crippen molar-refractivity contribution in [2.45, 2.75) is 57.4 Å². The quantitative estimate of drug-likeness (QED) is 0.791. The highest BCUT2D eigenvalue weighted by Gasteiger charge is 2.59. The summed E-state index contributed by atoms with van der Waals surface area (Å²) in [7, 11) is 1.81. The van der Waals surface area contributed by atoms with Crippen molar-refractivity contribution in [1.82, 2.24) is 5.32 Å². The molecule has 1 N–H and O–H groups in total. The Kier molecular flexibility index (Phi) is 2.54. The molecule has 0 bridgehead atoms. The molecular weight excluding hydrogens is 202 g/mol. The minimum atomic E-state index is 0.319. The van der Waals surface area contributed by atoms with E-state index in [4.69, 9.17) is 9.47 Å². The molecule has 0 aromatic rings. The highest BCUT2D eigenvalue weighted by Crippen LogP contribution is 2.52. The van der Waals surface area contributed by atoms with Crippen LogP contribution in [0, 0.1) is 11.3 Å². The van der Waals surface area contributed by atoms with E-state index in [2.05, 4.69) is 19.2 Å². The zero-order valence-corrected chi connectivity index (χ0v) is 10.5. The summed E-state index contributed by atoms with van der Waals surface area (Å²) in [5.74, 6) is 0.761. The van der Waals surface area contributed by atoms with Crippen LogP contribution in [-0.2, 0) is 9.47 Å². The van der Waals surface area contributed by atoms with Crippen molar-refractivity contribution in [3.8, 4) is 0 Å². The average Bonchev–Trinajstić information content (AvgIpc) is 2.62. The maximum Gasteiger partial charge on any atom is 0.0685 e. The molecule has 92 valence electrons. The normalized spacial score (nSPS) is 49.3. The third kappa shape index (κ3) is 1.45. The van der Waals surface area contributed by atoms with Gasteiger partial charge in [-0.2, -0.15) is 0 Å². The van der Waals surface area contributed by atoms with Crippen LogP contribution in [-0.4, -0.2) is 38.0 Å². The second-order valence-electron chi connectivity index (χ2n) is 6.24. The number of rotatable bonds is 3. The summed E-state index contributed by atoms with van der Waals surface area (Å²) in [5.41, 5.74) is 0.319. The zero-order chi connectivity index (χ0) is 11.3. The molecule has 1 aliphatic heterocycles. The van der Waals surface area contributed by atoms with Gasteiger partial charge in [0, 0.05) is 37.1 Å². The third-order valence-electron chi connectivity index (χ3n) is 4.94. The Morgan fingerprint density at radius 1 is 1.31 bits per heavy atom. The lowest BCUT2D eigenvalue weighted by Crippen LogP contribution is -2.68. The van der Waals surface area contributed by atoms with Crippen LogP contribution in [0.25, 0.3) is 0 Å². The highest BCUT2D eigenvalue weighted by molar-refractivity contribution is 5.12. The molecule has 0 aromatic heterocycles. The van der Waals surface area contributed by atoms with Gasteiger partial charge in [0.15, 0.2) is 0 Å². The van der Waals surface area contributed by atoms with Gasteiger partial charge in [0.1, 0.15) is 0 Å². The second kappa shape index (κ2) is 3.69.